The van der Waals surface area contributed by atoms with E-state index in [4.69, 9.17) is 14.2 Å². The average Bonchev–Trinajstić information content (AvgIpc) is 2.79. The first kappa shape index (κ1) is 21.8. The van der Waals surface area contributed by atoms with Crippen molar-refractivity contribution in [2.75, 3.05) is 57.2 Å². The lowest BCUT2D eigenvalue weighted by molar-refractivity contribution is -0.914. The molecule has 3 rings (SSSR count). The predicted octanol–water partition coefficient (Wildman–Crippen LogP) is 1.83. The van der Waals surface area contributed by atoms with Crippen molar-refractivity contribution in [3.8, 4) is 17.2 Å². The van der Waals surface area contributed by atoms with Crippen LogP contribution in [-0.2, 0) is 4.79 Å². The molecule has 1 atom stereocenters. The lowest BCUT2D eigenvalue weighted by Gasteiger charge is -2.36. The van der Waals surface area contributed by atoms with Gasteiger partial charge in [0, 0.05) is 11.8 Å². The van der Waals surface area contributed by atoms with E-state index < -0.39 is 0 Å². The van der Waals surface area contributed by atoms with Crippen LogP contribution in [0.15, 0.2) is 42.5 Å². The van der Waals surface area contributed by atoms with Gasteiger partial charge in [0.05, 0.1) is 52.7 Å². The van der Waals surface area contributed by atoms with Crippen molar-refractivity contribution >= 4 is 17.3 Å². The highest BCUT2D eigenvalue weighted by atomic mass is 16.5. The highest BCUT2D eigenvalue weighted by Crippen LogP contribution is 2.30. The van der Waals surface area contributed by atoms with Crippen LogP contribution in [0.3, 0.4) is 0 Å². The van der Waals surface area contributed by atoms with Gasteiger partial charge in [-0.3, -0.25) is 4.79 Å². The van der Waals surface area contributed by atoms with Gasteiger partial charge in [-0.25, -0.2) is 0 Å². The first-order valence-electron chi connectivity index (χ1n) is 10.4. The van der Waals surface area contributed by atoms with Crippen LogP contribution in [0.4, 0.5) is 11.4 Å². The van der Waals surface area contributed by atoms with Gasteiger partial charge >= 0.3 is 0 Å². The van der Waals surface area contributed by atoms with Crippen molar-refractivity contribution in [3.63, 3.8) is 0 Å². The number of amides is 1. The van der Waals surface area contributed by atoms with E-state index in [1.54, 1.807) is 26.4 Å². The third kappa shape index (κ3) is 4.97. The molecule has 1 fully saturated rings. The van der Waals surface area contributed by atoms with Crippen molar-refractivity contribution in [1.82, 2.24) is 0 Å². The molecule has 0 radical (unpaired) electrons. The SMILES string of the molecule is CCOc1ccccc1N1CC[NH+]([C@@H](C)C(=O)Nc2ccc(OC)c(OC)c2)CC1. The van der Waals surface area contributed by atoms with Crippen LogP contribution in [0.2, 0.25) is 0 Å². The number of hydrogen-bond acceptors (Lipinski definition) is 5. The van der Waals surface area contributed by atoms with Crippen molar-refractivity contribution in [3.05, 3.63) is 42.5 Å². The summed E-state index contributed by atoms with van der Waals surface area (Å²) in [5.41, 5.74) is 1.83. The zero-order valence-electron chi connectivity index (χ0n) is 18.2. The van der Waals surface area contributed by atoms with E-state index in [1.807, 2.05) is 38.1 Å². The van der Waals surface area contributed by atoms with Crippen molar-refractivity contribution < 1.29 is 23.9 Å². The second-order valence-corrected chi connectivity index (χ2v) is 7.33. The molecule has 30 heavy (non-hydrogen) atoms. The van der Waals surface area contributed by atoms with Gasteiger partial charge in [-0.05, 0) is 38.1 Å². The highest BCUT2D eigenvalue weighted by Gasteiger charge is 2.30. The monoisotopic (exact) mass is 414 g/mol. The van der Waals surface area contributed by atoms with Crippen molar-refractivity contribution in [2.24, 2.45) is 0 Å². The van der Waals surface area contributed by atoms with Crippen LogP contribution in [0.25, 0.3) is 0 Å². The average molecular weight is 415 g/mol. The molecule has 0 saturated carbocycles. The minimum atomic E-state index is -0.151. The fourth-order valence-electron chi connectivity index (χ4n) is 3.81. The van der Waals surface area contributed by atoms with Gasteiger partial charge in [-0.1, -0.05) is 12.1 Å². The first-order valence-corrected chi connectivity index (χ1v) is 10.4. The van der Waals surface area contributed by atoms with Crippen molar-refractivity contribution in [1.29, 1.82) is 0 Å². The Balaban J connectivity index is 1.59. The Morgan fingerprint density at radius 3 is 2.43 bits per heavy atom. The fraction of sp³-hybridized carbons (Fsp3) is 0.435. The van der Waals surface area contributed by atoms with E-state index in [2.05, 4.69) is 16.3 Å². The summed E-state index contributed by atoms with van der Waals surface area (Å²) in [7, 11) is 3.17. The number of quaternary nitrogens is 1. The molecule has 0 aliphatic carbocycles. The van der Waals surface area contributed by atoms with E-state index in [0.717, 1.165) is 37.6 Å². The second kappa shape index (κ2) is 10.2. The number of rotatable bonds is 8. The maximum atomic E-state index is 12.8. The predicted molar refractivity (Wildman–Crippen MR) is 118 cm³/mol. The van der Waals surface area contributed by atoms with Crippen LogP contribution in [-0.4, -0.2) is 59.0 Å². The number of anilines is 2. The zero-order valence-corrected chi connectivity index (χ0v) is 18.2. The third-order valence-corrected chi connectivity index (χ3v) is 5.57. The molecule has 0 aromatic heterocycles. The maximum Gasteiger partial charge on any atom is 0.282 e. The molecule has 162 valence electrons. The quantitative estimate of drug-likeness (QED) is 0.690. The topological polar surface area (TPSA) is 64.5 Å². The van der Waals surface area contributed by atoms with Crippen LogP contribution >= 0.6 is 0 Å². The molecule has 2 N–H and O–H groups in total. The lowest BCUT2D eigenvalue weighted by atomic mass is 10.2. The van der Waals surface area contributed by atoms with E-state index in [1.165, 1.54) is 4.90 Å². The molecular formula is C23H32N3O4+. The summed E-state index contributed by atoms with van der Waals surface area (Å²) in [4.78, 5) is 16.4. The Bertz CT molecular complexity index is 850. The fourth-order valence-corrected chi connectivity index (χ4v) is 3.81. The summed E-state index contributed by atoms with van der Waals surface area (Å²) in [5.74, 6) is 2.15. The van der Waals surface area contributed by atoms with Gasteiger partial charge in [0.1, 0.15) is 5.75 Å². The number of nitrogens with zero attached hydrogens (tertiary/aromatic N) is 1. The molecule has 1 heterocycles. The van der Waals surface area contributed by atoms with E-state index in [9.17, 15) is 4.79 Å². The van der Waals surface area contributed by atoms with Crippen LogP contribution in [0.1, 0.15) is 13.8 Å². The summed E-state index contributed by atoms with van der Waals surface area (Å²) in [6, 6.07) is 13.4. The van der Waals surface area contributed by atoms with Gasteiger partial charge in [0.15, 0.2) is 17.5 Å². The van der Waals surface area contributed by atoms with Gasteiger partial charge in [0.2, 0.25) is 0 Å². The van der Waals surface area contributed by atoms with Crippen LogP contribution < -0.4 is 29.3 Å². The molecule has 2 aromatic rings. The lowest BCUT2D eigenvalue weighted by Crippen LogP contribution is -3.19. The number of piperazine rings is 1. The number of carbonyl (C=O) groups is 1. The molecule has 7 nitrogen and oxygen atoms in total. The largest absolute Gasteiger partial charge is 0.493 e. The van der Waals surface area contributed by atoms with E-state index >= 15 is 0 Å². The molecule has 7 heteroatoms. The van der Waals surface area contributed by atoms with Gasteiger partial charge in [0.25, 0.3) is 5.91 Å². The van der Waals surface area contributed by atoms with Gasteiger partial charge < -0.3 is 29.3 Å². The number of carbonyl (C=O) groups excluding carboxylic acids is 1. The number of methoxy groups -OCH3 is 2. The first-order chi connectivity index (χ1) is 14.6. The molecule has 0 bridgehead atoms. The number of ether oxygens (including phenoxy) is 3. The number of hydrogen-bond donors (Lipinski definition) is 2. The summed E-state index contributed by atoms with van der Waals surface area (Å²) in [5, 5.41) is 3.00. The Morgan fingerprint density at radius 1 is 1.07 bits per heavy atom. The molecule has 1 aliphatic rings. The van der Waals surface area contributed by atoms with Crippen LogP contribution in [0.5, 0.6) is 17.2 Å². The maximum absolute atomic E-state index is 12.8. The number of nitrogens with one attached hydrogen (secondary N) is 2. The minimum absolute atomic E-state index is 0.000358. The van der Waals surface area contributed by atoms with Gasteiger partial charge in [-0.2, -0.15) is 0 Å². The van der Waals surface area contributed by atoms with E-state index in [-0.39, 0.29) is 11.9 Å². The minimum Gasteiger partial charge on any atom is -0.493 e. The molecule has 0 unspecified atom stereocenters. The van der Waals surface area contributed by atoms with E-state index in [0.29, 0.717) is 23.8 Å². The summed E-state index contributed by atoms with van der Waals surface area (Å²) >= 11 is 0. The van der Waals surface area contributed by atoms with Crippen molar-refractivity contribution in [2.45, 2.75) is 19.9 Å². The Labute approximate surface area is 178 Å². The summed E-state index contributed by atoms with van der Waals surface area (Å²) in [6.45, 7) is 8.17. The normalized spacial score (nSPS) is 15.4. The molecular weight excluding hydrogens is 382 g/mol. The summed E-state index contributed by atoms with van der Waals surface area (Å²) in [6.07, 6.45) is 0. The van der Waals surface area contributed by atoms with Crippen LogP contribution in [0, 0.1) is 0 Å². The number of para-hydroxylation sites is 2. The second-order valence-electron chi connectivity index (χ2n) is 7.33. The standard InChI is InChI=1S/C23H31N3O4/c1-5-30-20-9-7-6-8-19(20)26-14-12-25(13-15-26)17(2)23(27)24-18-10-11-21(28-3)22(16-18)29-4/h6-11,16-17H,5,12-15H2,1-4H3,(H,24,27)/p+1/t17-/m0/s1. The highest BCUT2D eigenvalue weighted by molar-refractivity contribution is 5.94. The molecule has 1 amide bonds. The zero-order chi connectivity index (χ0) is 21.5. The Hall–Kier alpha value is -2.93. The Morgan fingerprint density at radius 2 is 1.77 bits per heavy atom. The Kier molecular flexibility index (Phi) is 7.41. The summed E-state index contributed by atoms with van der Waals surface area (Å²) < 4.78 is 16.3. The number of benzene rings is 2. The molecule has 1 saturated heterocycles. The molecule has 2 aromatic carbocycles. The van der Waals surface area contributed by atoms with Gasteiger partial charge in [-0.15, -0.1) is 0 Å². The smallest absolute Gasteiger partial charge is 0.282 e. The third-order valence-electron chi connectivity index (χ3n) is 5.57. The molecule has 1 aliphatic heterocycles. The molecule has 0 spiro atoms.